The van der Waals surface area contributed by atoms with Gasteiger partial charge in [0.1, 0.15) is 5.82 Å². The van der Waals surface area contributed by atoms with Crippen LogP contribution in [-0.4, -0.2) is 70.8 Å². The molecule has 0 aliphatic carbocycles. The fourth-order valence-electron chi connectivity index (χ4n) is 3.01. The number of aliphatic hydroxyl groups excluding tert-OH is 1. The summed E-state index contributed by atoms with van der Waals surface area (Å²) in [5.74, 6) is 1.41. The Bertz CT molecular complexity index is 951. The highest BCUT2D eigenvalue weighted by Gasteiger charge is 2.19. The Morgan fingerprint density at radius 2 is 2.00 bits per heavy atom. The predicted octanol–water partition coefficient (Wildman–Crippen LogP) is 0.970. The Morgan fingerprint density at radius 1 is 1.21 bits per heavy atom. The van der Waals surface area contributed by atoms with Gasteiger partial charge >= 0.3 is 6.03 Å². The van der Waals surface area contributed by atoms with Crippen LogP contribution in [0.15, 0.2) is 30.5 Å². The number of amides is 2. The van der Waals surface area contributed by atoms with Gasteiger partial charge in [-0.05, 0) is 24.3 Å². The third kappa shape index (κ3) is 3.87. The molecule has 3 heterocycles. The second-order valence-electron chi connectivity index (χ2n) is 6.28. The zero-order chi connectivity index (χ0) is 19.3. The van der Waals surface area contributed by atoms with E-state index < -0.39 is 0 Å². The number of carbonyl (C=O) groups is 1. The van der Waals surface area contributed by atoms with Crippen LogP contribution in [0.2, 0.25) is 0 Å². The van der Waals surface area contributed by atoms with E-state index in [-0.39, 0.29) is 19.2 Å². The Hall–Kier alpha value is -3.24. The van der Waals surface area contributed by atoms with Crippen molar-refractivity contribution in [2.75, 3.05) is 49.7 Å². The number of H-pyrrole nitrogens is 1. The number of urea groups is 1. The van der Waals surface area contributed by atoms with Crippen molar-refractivity contribution in [3.63, 3.8) is 0 Å². The molecular weight excluding hydrogens is 362 g/mol. The van der Waals surface area contributed by atoms with Crippen LogP contribution in [0.1, 0.15) is 0 Å². The number of rotatable bonds is 5. The first-order chi connectivity index (χ1) is 13.7. The number of nitrogens with zero attached hydrogens (tertiary/aromatic N) is 4. The fourth-order valence-corrected chi connectivity index (χ4v) is 3.01. The maximum Gasteiger partial charge on any atom is 0.319 e. The highest BCUT2D eigenvalue weighted by Crippen LogP contribution is 2.27. The van der Waals surface area contributed by atoms with Crippen LogP contribution in [-0.2, 0) is 4.74 Å². The zero-order valence-corrected chi connectivity index (χ0v) is 15.2. The monoisotopic (exact) mass is 383 g/mol. The summed E-state index contributed by atoms with van der Waals surface area (Å²) >= 11 is 0. The summed E-state index contributed by atoms with van der Waals surface area (Å²) in [4.78, 5) is 23.2. The third-order valence-electron chi connectivity index (χ3n) is 4.40. The molecular formula is C18H21N7O3. The molecule has 0 spiro atoms. The van der Waals surface area contributed by atoms with E-state index in [1.165, 1.54) is 0 Å². The molecule has 1 aromatic carbocycles. The van der Waals surface area contributed by atoms with Crippen molar-refractivity contribution >= 4 is 28.6 Å². The minimum absolute atomic E-state index is 0.106. The lowest BCUT2D eigenvalue weighted by molar-refractivity contribution is 0.122. The van der Waals surface area contributed by atoms with Crippen LogP contribution >= 0.6 is 0 Å². The van der Waals surface area contributed by atoms with Crippen LogP contribution < -0.4 is 15.5 Å². The van der Waals surface area contributed by atoms with Gasteiger partial charge in [-0.2, -0.15) is 5.10 Å². The Balaban J connectivity index is 1.59. The first-order valence-corrected chi connectivity index (χ1v) is 9.04. The Labute approximate surface area is 160 Å². The summed E-state index contributed by atoms with van der Waals surface area (Å²) in [6.07, 6.45) is 1.74. The molecule has 3 aromatic rings. The largest absolute Gasteiger partial charge is 0.395 e. The van der Waals surface area contributed by atoms with Crippen molar-refractivity contribution in [1.29, 1.82) is 0 Å². The van der Waals surface area contributed by atoms with E-state index >= 15 is 0 Å². The summed E-state index contributed by atoms with van der Waals surface area (Å²) < 4.78 is 5.44. The molecule has 0 unspecified atom stereocenters. The molecule has 1 saturated heterocycles. The number of carbonyl (C=O) groups excluding carboxylic acids is 1. The van der Waals surface area contributed by atoms with Crippen molar-refractivity contribution in [2.45, 2.75) is 0 Å². The number of ether oxygens (including phenoxy) is 1. The predicted molar refractivity (Wildman–Crippen MR) is 104 cm³/mol. The number of hydrogen-bond acceptors (Lipinski definition) is 7. The van der Waals surface area contributed by atoms with Gasteiger partial charge in [0.25, 0.3) is 0 Å². The lowest BCUT2D eigenvalue weighted by Crippen LogP contribution is -2.37. The van der Waals surface area contributed by atoms with E-state index in [4.69, 9.17) is 14.8 Å². The summed E-state index contributed by atoms with van der Waals surface area (Å²) in [7, 11) is 0. The first kappa shape index (κ1) is 18.1. The minimum atomic E-state index is -0.369. The van der Waals surface area contributed by atoms with E-state index in [1.807, 2.05) is 12.1 Å². The van der Waals surface area contributed by atoms with Gasteiger partial charge < -0.3 is 25.4 Å². The van der Waals surface area contributed by atoms with Gasteiger partial charge in [-0.1, -0.05) is 0 Å². The molecule has 0 saturated carbocycles. The smallest absolute Gasteiger partial charge is 0.319 e. The molecule has 4 rings (SSSR count). The number of morpholine rings is 1. The first-order valence-electron chi connectivity index (χ1n) is 9.04. The molecule has 0 radical (unpaired) electrons. The SMILES string of the molecule is O=C(NCCO)Nc1ccc(-c2nc(N3CCOCC3)c3cn[nH]c3n2)cc1. The van der Waals surface area contributed by atoms with E-state index in [1.54, 1.807) is 18.3 Å². The molecule has 28 heavy (non-hydrogen) atoms. The average molecular weight is 383 g/mol. The standard InChI is InChI=1S/C18H21N7O3/c26-8-5-19-18(27)21-13-3-1-12(2-4-13)15-22-16-14(11-20-24-16)17(23-15)25-6-9-28-10-7-25/h1-4,11,26H,5-10H2,(H2,19,21,27)(H,20,22,23,24). The number of aromatic amines is 1. The van der Waals surface area contributed by atoms with Crippen LogP contribution in [0.5, 0.6) is 0 Å². The van der Waals surface area contributed by atoms with E-state index in [9.17, 15) is 4.79 Å². The van der Waals surface area contributed by atoms with Gasteiger partial charge in [0.2, 0.25) is 0 Å². The highest BCUT2D eigenvalue weighted by atomic mass is 16.5. The topological polar surface area (TPSA) is 128 Å². The second-order valence-corrected chi connectivity index (χ2v) is 6.28. The van der Waals surface area contributed by atoms with Gasteiger partial charge in [0.05, 0.1) is 31.4 Å². The van der Waals surface area contributed by atoms with Gasteiger partial charge in [-0.25, -0.2) is 14.8 Å². The molecule has 146 valence electrons. The maximum absolute atomic E-state index is 11.7. The molecule has 1 aliphatic heterocycles. The van der Waals surface area contributed by atoms with E-state index in [0.717, 1.165) is 29.9 Å². The molecule has 2 amide bonds. The number of aliphatic hydroxyl groups is 1. The minimum Gasteiger partial charge on any atom is -0.395 e. The molecule has 0 atom stereocenters. The third-order valence-corrected chi connectivity index (χ3v) is 4.40. The normalized spacial score (nSPS) is 14.2. The van der Waals surface area contributed by atoms with Crippen molar-refractivity contribution in [3.05, 3.63) is 30.5 Å². The van der Waals surface area contributed by atoms with Gasteiger partial charge in [0.15, 0.2) is 11.5 Å². The highest BCUT2D eigenvalue weighted by molar-refractivity contribution is 5.90. The van der Waals surface area contributed by atoms with Crippen molar-refractivity contribution in [2.24, 2.45) is 0 Å². The molecule has 1 fully saturated rings. The van der Waals surface area contributed by atoms with Crippen molar-refractivity contribution < 1.29 is 14.6 Å². The summed E-state index contributed by atoms with van der Waals surface area (Å²) in [6.45, 7) is 2.96. The molecule has 10 nitrogen and oxygen atoms in total. The summed E-state index contributed by atoms with van der Waals surface area (Å²) in [5.41, 5.74) is 2.14. The lowest BCUT2D eigenvalue weighted by atomic mass is 10.2. The van der Waals surface area contributed by atoms with Crippen LogP contribution in [0, 0.1) is 0 Å². The zero-order valence-electron chi connectivity index (χ0n) is 15.2. The van der Waals surface area contributed by atoms with Crippen molar-refractivity contribution in [3.8, 4) is 11.4 Å². The van der Waals surface area contributed by atoms with E-state index in [2.05, 4.69) is 30.7 Å². The number of aromatic nitrogens is 4. The average Bonchev–Trinajstić information content (AvgIpc) is 3.21. The van der Waals surface area contributed by atoms with Crippen LogP contribution in [0.4, 0.5) is 16.3 Å². The summed E-state index contributed by atoms with van der Waals surface area (Å²) in [6, 6.07) is 6.89. The molecule has 1 aliphatic rings. The number of nitrogens with one attached hydrogen (secondary N) is 3. The van der Waals surface area contributed by atoms with Crippen molar-refractivity contribution in [1.82, 2.24) is 25.5 Å². The Kier molecular flexibility index (Phi) is 5.31. The maximum atomic E-state index is 11.7. The lowest BCUT2D eigenvalue weighted by Gasteiger charge is -2.28. The fraction of sp³-hybridized carbons (Fsp3) is 0.333. The molecule has 0 bridgehead atoms. The number of benzene rings is 1. The Morgan fingerprint density at radius 3 is 2.75 bits per heavy atom. The van der Waals surface area contributed by atoms with Gasteiger partial charge in [-0.3, -0.25) is 5.10 Å². The van der Waals surface area contributed by atoms with Gasteiger partial charge in [0, 0.05) is 30.9 Å². The molecule has 2 aromatic heterocycles. The van der Waals surface area contributed by atoms with Crippen LogP contribution in [0.25, 0.3) is 22.4 Å². The van der Waals surface area contributed by atoms with Crippen LogP contribution in [0.3, 0.4) is 0 Å². The quantitative estimate of drug-likeness (QED) is 0.517. The van der Waals surface area contributed by atoms with E-state index in [0.29, 0.717) is 30.4 Å². The van der Waals surface area contributed by atoms with Gasteiger partial charge in [-0.15, -0.1) is 0 Å². The second kappa shape index (κ2) is 8.19. The number of fused-ring (bicyclic) bond motifs is 1. The number of anilines is 2. The molecule has 4 N–H and O–H groups in total. The number of hydrogen-bond donors (Lipinski definition) is 4. The summed E-state index contributed by atoms with van der Waals surface area (Å²) in [5, 5.41) is 21.9. The molecule has 10 heteroatoms.